The lowest BCUT2D eigenvalue weighted by Gasteiger charge is -2.28. The molecule has 2 atom stereocenters. The van der Waals surface area contributed by atoms with Gasteiger partial charge in [-0.1, -0.05) is 6.42 Å². The van der Waals surface area contributed by atoms with Crippen molar-refractivity contribution in [1.29, 1.82) is 0 Å². The van der Waals surface area contributed by atoms with Gasteiger partial charge in [0.05, 0.1) is 6.20 Å². The topological polar surface area (TPSA) is 84.0 Å². The Bertz CT molecular complexity index is 907. The Labute approximate surface area is 159 Å². The maximum absolute atomic E-state index is 14.1. The molecule has 0 spiro atoms. The molecule has 6 nitrogen and oxygen atoms in total. The second-order valence-corrected chi connectivity index (χ2v) is 6.77. The highest BCUT2D eigenvalue weighted by atomic mass is 19.1. The first kappa shape index (κ1) is 19.8. The molecule has 0 radical (unpaired) electrons. The lowest BCUT2D eigenvalue weighted by molar-refractivity contribution is -0.123. The number of carbonyl (C=O) groups excluding carboxylic acids is 2. The maximum Gasteiger partial charge on any atom is 0.228 e. The largest absolute Gasteiger partial charge is 0.354 e. The SMILES string of the molecule is CC(=O)N[C@@H]1CCC[C@H](C(=O)Nc2cc(-c3ccc(F)nc3F)c(F)cn2)C1. The third-order valence-electron chi connectivity index (χ3n) is 4.66. The Balaban J connectivity index is 1.76. The zero-order valence-electron chi connectivity index (χ0n) is 15.1. The second-order valence-electron chi connectivity index (χ2n) is 6.77. The van der Waals surface area contributed by atoms with Gasteiger partial charge < -0.3 is 10.6 Å². The van der Waals surface area contributed by atoms with Gasteiger partial charge in [-0.05, 0) is 37.5 Å². The third-order valence-corrected chi connectivity index (χ3v) is 4.66. The summed E-state index contributed by atoms with van der Waals surface area (Å²) in [6, 6.07) is 3.10. The molecule has 0 aromatic carbocycles. The van der Waals surface area contributed by atoms with E-state index in [2.05, 4.69) is 20.6 Å². The number of halogens is 3. The van der Waals surface area contributed by atoms with Gasteiger partial charge in [0.15, 0.2) is 0 Å². The predicted molar refractivity (Wildman–Crippen MR) is 95.5 cm³/mol. The van der Waals surface area contributed by atoms with E-state index < -0.39 is 17.7 Å². The Morgan fingerprint density at radius 2 is 1.93 bits per heavy atom. The Morgan fingerprint density at radius 1 is 1.14 bits per heavy atom. The minimum Gasteiger partial charge on any atom is -0.354 e. The standard InChI is InChI=1S/C19H19F3N4O2/c1-10(27)24-12-4-2-3-11(7-12)19(28)26-17-8-14(15(20)9-23-17)13-5-6-16(21)25-18(13)22/h5-6,8-9,11-12H,2-4,7H2,1H3,(H,24,27)(H,23,26,28)/t11-,12+/m0/s1. The molecule has 0 bridgehead atoms. The van der Waals surface area contributed by atoms with Crippen molar-refractivity contribution in [3.63, 3.8) is 0 Å². The summed E-state index contributed by atoms with van der Waals surface area (Å²) in [5.74, 6) is -3.74. The fourth-order valence-electron chi connectivity index (χ4n) is 3.40. The molecule has 0 unspecified atom stereocenters. The van der Waals surface area contributed by atoms with Crippen molar-refractivity contribution in [1.82, 2.24) is 15.3 Å². The average Bonchev–Trinajstić information content (AvgIpc) is 2.63. The van der Waals surface area contributed by atoms with E-state index in [1.807, 2.05) is 0 Å². The molecule has 148 valence electrons. The first-order valence-electron chi connectivity index (χ1n) is 8.89. The van der Waals surface area contributed by atoms with Crippen molar-refractivity contribution in [2.24, 2.45) is 5.92 Å². The molecule has 2 aromatic heterocycles. The molecule has 1 fully saturated rings. The van der Waals surface area contributed by atoms with Crippen molar-refractivity contribution >= 4 is 17.6 Å². The van der Waals surface area contributed by atoms with Crippen molar-refractivity contribution < 1.29 is 22.8 Å². The molecule has 9 heteroatoms. The number of nitrogens with one attached hydrogen (secondary N) is 2. The van der Waals surface area contributed by atoms with Gasteiger partial charge >= 0.3 is 0 Å². The van der Waals surface area contributed by atoms with Crippen LogP contribution in [0.25, 0.3) is 11.1 Å². The molecule has 3 rings (SSSR count). The number of hydrogen-bond donors (Lipinski definition) is 2. The van der Waals surface area contributed by atoms with Crippen LogP contribution in [0.2, 0.25) is 0 Å². The van der Waals surface area contributed by atoms with Crippen LogP contribution in [0, 0.1) is 23.6 Å². The molecule has 28 heavy (non-hydrogen) atoms. The molecule has 2 heterocycles. The van der Waals surface area contributed by atoms with Gasteiger partial charge in [-0.2, -0.15) is 13.8 Å². The monoisotopic (exact) mass is 392 g/mol. The number of rotatable bonds is 4. The lowest BCUT2D eigenvalue weighted by atomic mass is 9.85. The van der Waals surface area contributed by atoms with Crippen LogP contribution in [0.15, 0.2) is 24.4 Å². The summed E-state index contributed by atoms with van der Waals surface area (Å²) < 4.78 is 41.0. The Kier molecular flexibility index (Phi) is 5.91. The zero-order chi connectivity index (χ0) is 20.3. The number of pyridine rings is 2. The van der Waals surface area contributed by atoms with Crippen LogP contribution in [0.1, 0.15) is 32.6 Å². The molecule has 2 aromatic rings. The minimum absolute atomic E-state index is 0.0479. The van der Waals surface area contributed by atoms with Gasteiger partial charge in [0.25, 0.3) is 0 Å². The fraction of sp³-hybridized carbons (Fsp3) is 0.368. The van der Waals surface area contributed by atoms with Gasteiger partial charge in [-0.25, -0.2) is 9.37 Å². The zero-order valence-corrected chi connectivity index (χ0v) is 15.1. The molecular formula is C19H19F3N4O2. The van der Waals surface area contributed by atoms with Crippen LogP contribution in [0.5, 0.6) is 0 Å². The number of amides is 2. The van der Waals surface area contributed by atoms with E-state index >= 15 is 0 Å². The van der Waals surface area contributed by atoms with E-state index in [0.717, 1.165) is 31.2 Å². The molecule has 2 N–H and O–H groups in total. The molecule has 1 aliphatic rings. The van der Waals surface area contributed by atoms with Crippen LogP contribution in [0.4, 0.5) is 19.0 Å². The molecule has 0 aliphatic heterocycles. The van der Waals surface area contributed by atoms with E-state index in [-0.39, 0.29) is 40.7 Å². The van der Waals surface area contributed by atoms with Crippen molar-refractivity contribution in [3.8, 4) is 11.1 Å². The summed E-state index contributed by atoms with van der Waals surface area (Å²) in [6.07, 6.45) is 3.61. The van der Waals surface area contributed by atoms with Crippen LogP contribution in [-0.2, 0) is 9.59 Å². The lowest BCUT2D eigenvalue weighted by Crippen LogP contribution is -2.40. The number of nitrogens with zero attached hydrogens (tertiary/aromatic N) is 2. The second kappa shape index (κ2) is 8.37. The number of aromatic nitrogens is 2. The fourth-order valence-corrected chi connectivity index (χ4v) is 3.40. The van der Waals surface area contributed by atoms with Crippen molar-refractivity contribution in [2.45, 2.75) is 38.6 Å². The molecule has 0 saturated heterocycles. The van der Waals surface area contributed by atoms with Gasteiger partial charge in [0, 0.05) is 30.0 Å². The minimum atomic E-state index is -1.16. The first-order valence-corrected chi connectivity index (χ1v) is 8.89. The predicted octanol–water partition coefficient (Wildman–Crippen LogP) is 3.19. The van der Waals surface area contributed by atoms with E-state index in [4.69, 9.17) is 0 Å². The summed E-state index contributed by atoms with van der Waals surface area (Å²) in [5.41, 5.74) is -0.421. The van der Waals surface area contributed by atoms with Crippen LogP contribution >= 0.6 is 0 Å². The summed E-state index contributed by atoms with van der Waals surface area (Å²) in [5, 5.41) is 5.42. The first-order chi connectivity index (χ1) is 13.3. The normalized spacial score (nSPS) is 19.1. The van der Waals surface area contributed by atoms with Crippen molar-refractivity contribution in [2.75, 3.05) is 5.32 Å². The number of anilines is 1. The molecule has 1 aliphatic carbocycles. The van der Waals surface area contributed by atoms with E-state index in [1.54, 1.807) is 0 Å². The van der Waals surface area contributed by atoms with E-state index in [9.17, 15) is 22.8 Å². The highest BCUT2D eigenvalue weighted by Gasteiger charge is 2.28. The van der Waals surface area contributed by atoms with Crippen LogP contribution < -0.4 is 10.6 Å². The number of hydrogen-bond acceptors (Lipinski definition) is 4. The molecular weight excluding hydrogens is 373 g/mol. The van der Waals surface area contributed by atoms with Gasteiger partial charge in [-0.3, -0.25) is 9.59 Å². The van der Waals surface area contributed by atoms with Gasteiger partial charge in [0.1, 0.15) is 11.6 Å². The summed E-state index contributed by atoms with van der Waals surface area (Å²) in [4.78, 5) is 30.6. The quantitative estimate of drug-likeness (QED) is 0.783. The Morgan fingerprint density at radius 3 is 2.64 bits per heavy atom. The smallest absolute Gasteiger partial charge is 0.228 e. The van der Waals surface area contributed by atoms with E-state index in [0.29, 0.717) is 12.8 Å². The summed E-state index contributed by atoms with van der Waals surface area (Å²) in [7, 11) is 0. The van der Waals surface area contributed by atoms with Crippen LogP contribution in [-0.4, -0.2) is 27.8 Å². The number of carbonyl (C=O) groups is 2. The average molecular weight is 392 g/mol. The highest BCUT2D eigenvalue weighted by molar-refractivity contribution is 5.92. The Hall–Kier alpha value is -2.97. The summed E-state index contributed by atoms with van der Waals surface area (Å²) >= 11 is 0. The molecule has 2 amide bonds. The summed E-state index contributed by atoms with van der Waals surface area (Å²) in [6.45, 7) is 1.43. The van der Waals surface area contributed by atoms with Gasteiger partial charge in [-0.15, -0.1) is 0 Å². The molecule has 1 saturated carbocycles. The highest BCUT2D eigenvalue weighted by Crippen LogP contribution is 2.28. The third kappa shape index (κ3) is 4.65. The maximum atomic E-state index is 14.1. The van der Waals surface area contributed by atoms with Crippen LogP contribution in [0.3, 0.4) is 0 Å². The van der Waals surface area contributed by atoms with Gasteiger partial charge in [0.2, 0.25) is 23.7 Å². The van der Waals surface area contributed by atoms with E-state index in [1.165, 1.54) is 13.0 Å². The van der Waals surface area contributed by atoms with Crippen molar-refractivity contribution in [3.05, 3.63) is 42.1 Å².